The van der Waals surface area contributed by atoms with Gasteiger partial charge in [0.25, 0.3) is 0 Å². The number of hydrogen-bond acceptors (Lipinski definition) is 5. The van der Waals surface area contributed by atoms with Crippen LogP contribution in [0.25, 0.3) is 0 Å². The molecule has 0 bridgehead atoms. The SMILES string of the molecule is CCN(C(=O)CCN(CCN1CCOCC1)S(C)(=O)=O)c1ccccc1. The van der Waals surface area contributed by atoms with E-state index in [-0.39, 0.29) is 18.9 Å². The summed E-state index contributed by atoms with van der Waals surface area (Å²) in [6, 6.07) is 9.44. The highest BCUT2D eigenvalue weighted by Gasteiger charge is 2.21. The molecule has 0 saturated carbocycles. The summed E-state index contributed by atoms with van der Waals surface area (Å²) in [6.07, 6.45) is 1.37. The van der Waals surface area contributed by atoms with Crippen LogP contribution in [-0.4, -0.2) is 82.3 Å². The van der Waals surface area contributed by atoms with Crippen molar-refractivity contribution in [3.63, 3.8) is 0 Å². The first-order valence-corrected chi connectivity index (χ1v) is 10.9. The third-order valence-electron chi connectivity index (χ3n) is 4.50. The standard InChI is InChI=1S/C18H29N3O4S/c1-3-21(17-7-5-4-6-8-17)18(22)9-10-20(26(2,23)24)12-11-19-13-15-25-16-14-19/h4-8H,3,9-16H2,1-2H3. The average Bonchev–Trinajstić information content (AvgIpc) is 2.63. The zero-order valence-corrected chi connectivity index (χ0v) is 16.5. The Morgan fingerprint density at radius 1 is 1.15 bits per heavy atom. The number of carbonyl (C=O) groups is 1. The normalized spacial score (nSPS) is 16.0. The number of nitrogens with zero attached hydrogens (tertiary/aromatic N) is 3. The van der Waals surface area contributed by atoms with Gasteiger partial charge < -0.3 is 9.64 Å². The predicted molar refractivity (Wildman–Crippen MR) is 103 cm³/mol. The third-order valence-corrected chi connectivity index (χ3v) is 5.80. The summed E-state index contributed by atoms with van der Waals surface area (Å²) < 4.78 is 30.9. The molecule has 1 amide bonds. The van der Waals surface area contributed by atoms with Crippen molar-refractivity contribution in [2.45, 2.75) is 13.3 Å². The van der Waals surface area contributed by atoms with Crippen LogP contribution < -0.4 is 4.90 Å². The van der Waals surface area contributed by atoms with Crippen molar-refractivity contribution >= 4 is 21.6 Å². The monoisotopic (exact) mass is 383 g/mol. The molecule has 1 heterocycles. The van der Waals surface area contributed by atoms with Gasteiger partial charge in [-0.25, -0.2) is 12.7 Å². The summed E-state index contributed by atoms with van der Waals surface area (Å²) in [4.78, 5) is 16.5. The third kappa shape index (κ3) is 6.35. The molecule has 1 aliphatic heterocycles. The second-order valence-corrected chi connectivity index (χ2v) is 8.32. The van der Waals surface area contributed by atoms with Gasteiger partial charge in [-0.3, -0.25) is 9.69 Å². The number of amides is 1. The molecule has 0 N–H and O–H groups in total. The number of benzene rings is 1. The number of rotatable bonds is 9. The Balaban J connectivity index is 1.92. The summed E-state index contributed by atoms with van der Waals surface area (Å²) in [6.45, 7) is 6.70. The Labute approximate surface area is 156 Å². The highest BCUT2D eigenvalue weighted by atomic mass is 32.2. The molecule has 0 aliphatic carbocycles. The minimum Gasteiger partial charge on any atom is -0.379 e. The van der Waals surface area contributed by atoms with Crippen LogP contribution in [0.15, 0.2) is 30.3 Å². The number of sulfonamides is 1. The molecule has 7 nitrogen and oxygen atoms in total. The molecule has 0 unspecified atom stereocenters. The minimum atomic E-state index is -3.35. The van der Waals surface area contributed by atoms with E-state index < -0.39 is 10.0 Å². The van der Waals surface area contributed by atoms with E-state index in [9.17, 15) is 13.2 Å². The van der Waals surface area contributed by atoms with Crippen molar-refractivity contribution in [1.82, 2.24) is 9.21 Å². The predicted octanol–water partition coefficient (Wildman–Crippen LogP) is 1.02. The second-order valence-electron chi connectivity index (χ2n) is 6.34. The number of hydrogen-bond donors (Lipinski definition) is 0. The zero-order valence-electron chi connectivity index (χ0n) is 15.6. The van der Waals surface area contributed by atoms with Crippen molar-refractivity contribution < 1.29 is 17.9 Å². The second kappa shape index (κ2) is 10.0. The summed E-state index contributed by atoms with van der Waals surface area (Å²) in [5.41, 5.74) is 0.833. The molecule has 0 atom stereocenters. The molecule has 1 aromatic rings. The van der Waals surface area contributed by atoms with E-state index in [2.05, 4.69) is 4.90 Å². The molecule has 26 heavy (non-hydrogen) atoms. The fraction of sp³-hybridized carbons (Fsp3) is 0.611. The Morgan fingerprint density at radius 3 is 2.38 bits per heavy atom. The van der Waals surface area contributed by atoms with Gasteiger partial charge in [0.15, 0.2) is 0 Å². The van der Waals surface area contributed by atoms with Gasteiger partial charge in [-0.15, -0.1) is 0 Å². The number of morpholine rings is 1. The Kier molecular flexibility index (Phi) is 8.02. The zero-order chi connectivity index (χ0) is 19.0. The van der Waals surface area contributed by atoms with Crippen LogP contribution in [0.2, 0.25) is 0 Å². The van der Waals surface area contributed by atoms with E-state index in [1.54, 1.807) is 4.90 Å². The fourth-order valence-electron chi connectivity index (χ4n) is 2.99. The molecular formula is C18H29N3O4S. The fourth-order valence-corrected chi connectivity index (χ4v) is 3.82. The molecule has 0 spiro atoms. The van der Waals surface area contributed by atoms with Crippen molar-refractivity contribution in [3.05, 3.63) is 30.3 Å². The maximum absolute atomic E-state index is 12.6. The molecule has 146 valence electrons. The van der Waals surface area contributed by atoms with Crippen molar-refractivity contribution in [2.75, 3.05) is 63.6 Å². The molecule has 1 aliphatic rings. The largest absolute Gasteiger partial charge is 0.379 e. The van der Waals surface area contributed by atoms with Crippen LogP contribution in [0.3, 0.4) is 0 Å². The highest BCUT2D eigenvalue weighted by Crippen LogP contribution is 2.14. The van der Waals surface area contributed by atoms with E-state index in [0.29, 0.717) is 32.8 Å². The van der Waals surface area contributed by atoms with Gasteiger partial charge in [-0.05, 0) is 19.1 Å². The average molecular weight is 384 g/mol. The first kappa shape index (κ1) is 20.8. The van der Waals surface area contributed by atoms with Gasteiger partial charge in [-0.1, -0.05) is 18.2 Å². The lowest BCUT2D eigenvalue weighted by molar-refractivity contribution is -0.118. The maximum atomic E-state index is 12.6. The van der Waals surface area contributed by atoms with Crippen molar-refractivity contribution in [2.24, 2.45) is 0 Å². The van der Waals surface area contributed by atoms with E-state index in [0.717, 1.165) is 18.8 Å². The summed E-state index contributed by atoms with van der Waals surface area (Å²) in [5.74, 6) is -0.0706. The molecule has 2 rings (SSSR count). The van der Waals surface area contributed by atoms with E-state index >= 15 is 0 Å². The van der Waals surface area contributed by atoms with Crippen LogP contribution in [0.1, 0.15) is 13.3 Å². The summed E-state index contributed by atoms with van der Waals surface area (Å²) in [7, 11) is -3.35. The lowest BCUT2D eigenvalue weighted by Gasteiger charge is -2.29. The lowest BCUT2D eigenvalue weighted by atomic mass is 10.2. The summed E-state index contributed by atoms with van der Waals surface area (Å²) >= 11 is 0. The molecule has 1 saturated heterocycles. The van der Waals surface area contributed by atoms with Gasteiger partial charge in [0, 0.05) is 51.4 Å². The quantitative estimate of drug-likeness (QED) is 0.637. The molecular weight excluding hydrogens is 354 g/mol. The molecule has 1 fully saturated rings. The van der Waals surface area contributed by atoms with Crippen LogP contribution >= 0.6 is 0 Å². The van der Waals surface area contributed by atoms with E-state index in [1.165, 1.54) is 10.6 Å². The number of para-hydroxylation sites is 1. The number of ether oxygens (including phenoxy) is 1. The van der Waals surface area contributed by atoms with Gasteiger partial charge >= 0.3 is 0 Å². The molecule has 8 heteroatoms. The van der Waals surface area contributed by atoms with Crippen LogP contribution in [0.4, 0.5) is 5.69 Å². The summed E-state index contributed by atoms with van der Waals surface area (Å²) in [5, 5.41) is 0. The van der Waals surface area contributed by atoms with Crippen molar-refractivity contribution in [3.8, 4) is 0 Å². The van der Waals surface area contributed by atoms with Gasteiger partial charge in [0.2, 0.25) is 15.9 Å². The van der Waals surface area contributed by atoms with Gasteiger partial charge in [-0.2, -0.15) is 0 Å². The minimum absolute atomic E-state index is 0.0706. The first-order valence-electron chi connectivity index (χ1n) is 9.02. The molecule has 1 aromatic carbocycles. The topological polar surface area (TPSA) is 70.2 Å². The van der Waals surface area contributed by atoms with E-state index in [1.807, 2.05) is 37.3 Å². The van der Waals surface area contributed by atoms with Gasteiger partial charge in [0.1, 0.15) is 0 Å². The smallest absolute Gasteiger partial charge is 0.228 e. The lowest BCUT2D eigenvalue weighted by Crippen LogP contribution is -2.44. The highest BCUT2D eigenvalue weighted by molar-refractivity contribution is 7.88. The van der Waals surface area contributed by atoms with Crippen LogP contribution in [0.5, 0.6) is 0 Å². The maximum Gasteiger partial charge on any atom is 0.228 e. The van der Waals surface area contributed by atoms with Crippen molar-refractivity contribution in [1.29, 1.82) is 0 Å². The number of carbonyl (C=O) groups excluding carboxylic acids is 1. The molecule has 0 radical (unpaired) electrons. The van der Waals surface area contributed by atoms with Crippen LogP contribution in [0, 0.1) is 0 Å². The van der Waals surface area contributed by atoms with E-state index in [4.69, 9.17) is 4.74 Å². The van der Waals surface area contributed by atoms with Crippen LogP contribution in [-0.2, 0) is 19.6 Å². The Bertz CT molecular complexity index is 660. The Morgan fingerprint density at radius 2 is 1.81 bits per heavy atom. The number of anilines is 1. The first-order chi connectivity index (χ1) is 12.4. The molecule has 0 aromatic heterocycles. The Hall–Kier alpha value is -1.48. The van der Waals surface area contributed by atoms with Gasteiger partial charge in [0.05, 0.1) is 19.5 Å².